The van der Waals surface area contributed by atoms with Gasteiger partial charge >= 0.3 is 4.87 Å². The normalized spacial score (nSPS) is 23.5. The van der Waals surface area contributed by atoms with E-state index in [0.29, 0.717) is 37.0 Å². The number of fused-ring (bicyclic) bond motifs is 2. The molecule has 0 aliphatic carbocycles. The zero-order valence-corrected chi connectivity index (χ0v) is 20.9. The number of para-hydroxylation sites is 1. The minimum Gasteiger partial charge on any atom is -0.378 e. The zero-order chi connectivity index (χ0) is 24.8. The molecule has 8 nitrogen and oxygen atoms in total. The highest BCUT2D eigenvalue weighted by Gasteiger charge is 2.56. The molecule has 2 aromatic carbocycles. The first-order valence-electron chi connectivity index (χ1n) is 11.8. The fourth-order valence-corrected chi connectivity index (χ4v) is 7.93. The lowest BCUT2D eigenvalue weighted by Crippen LogP contribution is -2.43. The molecule has 1 aromatic heterocycles. The van der Waals surface area contributed by atoms with E-state index in [-0.39, 0.29) is 29.1 Å². The summed E-state index contributed by atoms with van der Waals surface area (Å²) in [5.41, 5.74) is 1.41. The highest BCUT2D eigenvalue weighted by molar-refractivity contribution is 8.00. The van der Waals surface area contributed by atoms with Crippen molar-refractivity contribution >= 4 is 46.5 Å². The number of hydrogen-bond acceptors (Lipinski definition) is 7. The smallest absolute Gasteiger partial charge is 0.308 e. The molecule has 3 amide bonds. The molecule has 3 aromatic rings. The first-order chi connectivity index (χ1) is 17.5. The maximum atomic E-state index is 13.8. The number of anilines is 1. The fraction of sp³-hybridized carbons (Fsp3) is 0.308. The summed E-state index contributed by atoms with van der Waals surface area (Å²) in [5, 5.41) is -0.0769. The predicted octanol–water partition coefficient (Wildman–Crippen LogP) is 2.56. The van der Waals surface area contributed by atoms with Crippen molar-refractivity contribution in [1.29, 1.82) is 0 Å². The minimum atomic E-state index is -0.686. The van der Waals surface area contributed by atoms with Crippen molar-refractivity contribution in [1.82, 2.24) is 9.47 Å². The Labute approximate surface area is 215 Å². The third-order valence-electron chi connectivity index (χ3n) is 6.88. The van der Waals surface area contributed by atoms with Gasteiger partial charge in [0.05, 0.1) is 29.8 Å². The van der Waals surface area contributed by atoms with Crippen LogP contribution in [0, 0.1) is 5.92 Å². The van der Waals surface area contributed by atoms with Gasteiger partial charge in [0.15, 0.2) is 0 Å². The molecule has 4 heterocycles. The van der Waals surface area contributed by atoms with Crippen LogP contribution < -0.4 is 9.77 Å². The molecule has 2 fully saturated rings. The van der Waals surface area contributed by atoms with Gasteiger partial charge in [0.1, 0.15) is 11.8 Å². The summed E-state index contributed by atoms with van der Waals surface area (Å²) < 4.78 is 6.82. The van der Waals surface area contributed by atoms with Gasteiger partial charge in [0.25, 0.3) is 0 Å². The quantitative estimate of drug-likeness (QED) is 0.491. The number of ether oxygens (including phenoxy) is 1. The van der Waals surface area contributed by atoms with Crippen LogP contribution in [0.3, 0.4) is 0 Å². The lowest BCUT2D eigenvalue weighted by Gasteiger charge is -2.31. The summed E-state index contributed by atoms with van der Waals surface area (Å²) in [6, 6.07) is 18.5. The third-order valence-corrected chi connectivity index (χ3v) is 9.48. The van der Waals surface area contributed by atoms with E-state index in [4.69, 9.17) is 4.74 Å². The second-order valence-electron chi connectivity index (χ2n) is 8.92. The number of thioether (sulfide) groups is 1. The summed E-state index contributed by atoms with van der Waals surface area (Å²) in [5.74, 6) is -1.80. The van der Waals surface area contributed by atoms with Crippen molar-refractivity contribution in [2.24, 2.45) is 5.92 Å². The molecule has 0 radical (unpaired) electrons. The third kappa shape index (κ3) is 3.80. The van der Waals surface area contributed by atoms with Crippen LogP contribution in [0.5, 0.6) is 0 Å². The summed E-state index contributed by atoms with van der Waals surface area (Å²) in [6.07, 6.45) is 0. The monoisotopic (exact) mass is 521 g/mol. The molecular formula is C26H23N3O5S2. The SMILES string of the molecule is O=C(Cn1c2c(sc1=O)[C@@H](c1ccccc1)[C@@H]1C(=O)N(c3ccccc3)C(=O)[C@@H]1S2)N1CCOCC1. The zero-order valence-electron chi connectivity index (χ0n) is 19.2. The highest BCUT2D eigenvalue weighted by Crippen LogP contribution is 2.53. The van der Waals surface area contributed by atoms with Gasteiger partial charge in [-0.15, -0.1) is 0 Å². The Bertz CT molecular complexity index is 1380. The maximum absolute atomic E-state index is 13.8. The van der Waals surface area contributed by atoms with Gasteiger partial charge in [-0.2, -0.15) is 0 Å². The Morgan fingerprint density at radius 1 is 0.917 bits per heavy atom. The molecule has 36 heavy (non-hydrogen) atoms. The molecule has 0 unspecified atom stereocenters. The average molecular weight is 522 g/mol. The standard InChI is InChI=1S/C26H23N3O5S2/c30-18(27-11-13-34-14-12-27)15-28-25-22(36-26(28)33)19(16-7-3-1-4-8-16)20-21(35-25)24(32)29(23(20)31)17-9-5-2-6-10-17/h1-10,19-21H,11-15H2/t19-,20-,21+/m0/s1. The highest BCUT2D eigenvalue weighted by atomic mass is 32.2. The van der Waals surface area contributed by atoms with Gasteiger partial charge in [-0.25, -0.2) is 4.90 Å². The van der Waals surface area contributed by atoms with Crippen LogP contribution in [0.1, 0.15) is 16.4 Å². The summed E-state index contributed by atoms with van der Waals surface area (Å²) in [7, 11) is 0. The molecular weight excluding hydrogens is 498 g/mol. The molecule has 0 bridgehead atoms. The van der Waals surface area contributed by atoms with Crippen LogP contribution in [-0.4, -0.2) is 58.7 Å². The van der Waals surface area contributed by atoms with Crippen LogP contribution in [0.2, 0.25) is 0 Å². The van der Waals surface area contributed by atoms with E-state index >= 15 is 0 Å². The van der Waals surface area contributed by atoms with E-state index in [1.165, 1.54) is 21.2 Å². The van der Waals surface area contributed by atoms with Crippen LogP contribution in [-0.2, 0) is 25.7 Å². The number of amides is 3. The number of hydrogen-bond donors (Lipinski definition) is 0. The van der Waals surface area contributed by atoms with Crippen molar-refractivity contribution in [3.8, 4) is 0 Å². The van der Waals surface area contributed by atoms with E-state index in [9.17, 15) is 19.2 Å². The number of aromatic nitrogens is 1. The van der Waals surface area contributed by atoms with Crippen molar-refractivity contribution in [3.63, 3.8) is 0 Å². The van der Waals surface area contributed by atoms with Gasteiger partial charge < -0.3 is 9.64 Å². The van der Waals surface area contributed by atoms with Crippen molar-refractivity contribution in [3.05, 3.63) is 80.8 Å². The van der Waals surface area contributed by atoms with Gasteiger partial charge in [0.2, 0.25) is 17.7 Å². The first-order valence-corrected chi connectivity index (χ1v) is 13.5. The number of rotatable bonds is 4. The molecule has 6 rings (SSSR count). The number of morpholine rings is 1. The van der Waals surface area contributed by atoms with E-state index in [2.05, 4.69) is 0 Å². The molecule has 3 aliphatic heterocycles. The Kier molecular flexibility index (Phi) is 6.02. The molecule has 184 valence electrons. The van der Waals surface area contributed by atoms with Gasteiger partial charge in [-0.3, -0.25) is 23.7 Å². The molecule has 3 aliphatic rings. The maximum Gasteiger partial charge on any atom is 0.308 e. The summed E-state index contributed by atoms with van der Waals surface area (Å²) >= 11 is 2.31. The summed E-state index contributed by atoms with van der Waals surface area (Å²) in [6.45, 7) is 1.83. The first kappa shape index (κ1) is 23.2. The molecule has 0 spiro atoms. The van der Waals surface area contributed by atoms with E-state index < -0.39 is 17.1 Å². The number of benzene rings is 2. The number of imide groups is 1. The number of carbonyl (C=O) groups is 3. The van der Waals surface area contributed by atoms with Crippen molar-refractivity contribution in [2.45, 2.75) is 22.7 Å². The van der Waals surface area contributed by atoms with Crippen molar-refractivity contribution < 1.29 is 19.1 Å². The fourth-order valence-electron chi connectivity index (χ4n) is 5.15. The van der Waals surface area contributed by atoms with Crippen LogP contribution in [0.25, 0.3) is 0 Å². The Morgan fingerprint density at radius 2 is 1.58 bits per heavy atom. The topological polar surface area (TPSA) is 88.9 Å². The molecule has 10 heteroatoms. The number of nitrogens with zero attached hydrogens (tertiary/aromatic N) is 3. The minimum absolute atomic E-state index is 0.0961. The van der Waals surface area contributed by atoms with E-state index in [1.54, 1.807) is 29.2 Å². The Balaban J connectivity index is 1.43. The molecule has 3 atom stereocenters. The van der Waals surface area contributed by atoms with E-state index in [1.807, 2.05) is 36.4 Å². The van der Waals surface area contributed by atoms with Crippen LogP contribution >= 0.6 is 23.1 Å². The van der Waals surface area contributed by atoms with Gasteiger partial charge in [-0.1, -0.05) is 71.6 Å². The van der Waals surface area contributed by atoms with Crippen molar-refractivity contribution in [2.75, 3.05) is 31.2 Å². The summed E-state index contributed by atoms with van der Waals surface area (Å²) in [4.78, 5) is 57.0. The number of carbonyl (C=O) groups excluding carboxylic acids is 3. The largest absolute Gasteiger partial charge is 0.378 e. The van der Waals surface area contributed by atoms with Gasteiger partial charge in [0, 0.05) is 23.9 Å². The van der Waals surface area contributed by atoms with Gasteiger partial charge in [-0.05, 0) is 17.7 Å². The lowest BCUT2D eigenvalue weighted by atomic mass is 9.83. The predicted molar refractivity (Wildman–Crippen MR) is 136 cm³/mol. The van der Waals surface area contributed by atoms with Crippen LogP contribution in [0.4, 0.5) is 5.69 Å². The molecule has 0 N–H and O–H groups in total. The molecule has 0 saturated carbocycles. The Hall–Kier alpha value is -3.21. The second kappa shape index (κ2) is 9.34. The van der Waals surface area contributed by atoms with E-state index in [0.717, 1.165) is 21.8 Å². The molecule has 2 saturated heterocycles. The lowest BCUT2D eigenvalue weighted by molar-refractivity contribution is -0.136. The van der Waals surface area contributed by atoms with Crippen LogP contribution in [0.15, 0.2) is 70.5 Å². The second-order valence-corrected chi connectivity index (χ2v) is 11.0. The number of thiazole rings is 1. The Morgan fingerprint density at radius 3 is 2.28 bits per heavy atom. The average Bonchev–Trinajstić information content (AvgIpc) is 3.36.